The molecule has 2 aromatic rings. The van der Waals surface area contributed by atoms with E-state index in [0.717, 1.165) is 19.4 Å². The first kappa shape index (κ1) is 15.6. The van der Waals surface area contributed by atoms with Gasteiger partial charge in [0, 0.05) is 22.1 Å². The van der Waals surface area contributed by atoms with E-state index in [1.54, 1.807) is 0 Å². The van der Waals surface area contributed by atoms with Gasteiger partial charge in [0.1, 0.15) is 5.75 Å². The molecule has 3 heterocycles. The number of aromatic nitrogens is 2. The molecular formula is C14H19N3O3S2. The fourth-order valence-corrected chi connectivity index (χ4v) is 4.42. The molecule has 22 heavy (non-hydrogen) atoms. The standard InChI is InChI=1S/C14H19N3O3S2/c1-10-5-6-12(21-10)11-4-3-7-17(11)8-14-15-13(16-20-14)9-22(2,18)19/h5-6,11H,3-4,7-9H2,1-2H3/t11-/m1/s1. The van der Waals surface area contributed by atoms with Gasteiger partial charge in [-0.3, -0.25) is 4.90 Å². The van der Waals surface area contributed by atoms with Crippen LogP contribution in [0.1, 0.15) is 40.4 Å². The summed E-state index contributed by atoms with van der Waals surface area (Å²) in [7, 11) is -3.14. The van der Waals surface area contributed by atoms with Crippen molar-refractivity contribution in [3.8, 4) is 0 Å². The summed E-state index contributed by atoms with van der Waals surface area (Å²) in [6.07, 6.45) is 3.44. The summed E-state index contributed by atoms with van der Waals surface area (Å²) in [5, 5.41) is 3.76. The third-order valence-corrected chi connectivity index (χ3v) is 5.58. The molecule has 0 N–H and O–H groups in total. The average Bonchev–Trinajstić information content (AvgIpc) is 3.10. The van der Waals surface area contributed by atoms with Gasteiger partial charge in [-0.2, -0.15) is 4.98 Å². The number of hydrogen-bond donors (Lipinski definition) is 0. The van der Waals surface area contributed by atoms with Gasteiger partial charge in [-0.05, 0) is 38.4 Å². The van der Waals surface area contributed by atoms with Crippen molar-refractivity contribution in [2.24, 2.45) is 0 Å². The quantitative estimate of drug-likeness (QED) is 0.831. The van der Waals surface area contributed by atoms with Crippen LogP contribution in [0.3, 0.4) is 0 Å². The van der Waals surface area contributed by atoms with E-state index in [1.165, 1.54) is 16.0 Å². The van der Waals surface area contributed by atoms with Crippen molar-refractivity contribution in [3.63, 3.8) is 0 Å². The molecule has 0 radical (unpaired) electrons. The summed E-state index contributed by atoms with van der Waals surface area (Å²) in [6.45, 7) is 3.67. The first-order chi connectivity index (χ1) is 10.4. The summed E-state index contributed by atoms with van der Waals surface area (Å²) in [5.41, 5.74) is 0. The van der Waals surface area contributed by atoms with Crippen LogP contribution in [0.25, 0.3) is 0 Å². The van der Waals surface area contributed by atoms with E-state index in [1.807, 2.05) is 11.3 Å². The maximum absolute atomic E-state index is 11.3. The second-order valence-corrected chi connectivity index (χ2v) is 9.21. The number of aryl methyl sites for hydroxylation is 1. The Bertz CT molecular complexity index is 751. The lowest BCUT2D eigenvalue weighted by atomic mass is 10.2. The van der Waals surface area contributed by atoms with Gasteiger partial charge in [-0.25, -0.2) is 8.42 Å². The van der Waals surface area contributed by atoms with Gasteiger partial charge < -0.3 is 4.52 Å². The topological polar surface area (TPSA) is 76.3 Å². The molecule has 6 nitrogen and oxygen atoms in total. The molecule has 1 aliphatic heterocycles. The summed E-state index contributed by atoms with van der Waals surface area (Å²) in [4.78, 5) is 9.20. The Balaban J connectivity index is 1.70. The predicted octanol–water partition coefficient (Wildman–Crippen LogP) is 2.32. The third kappa shape index (κ3) is 3.74. The molecular weight excluding hydrogens is 322 g/mol. The number of nitrogens with zero attached hydrogens (tertiary/aromatic N) is 3. The summed E-state index contributed by atoms with van der Waals surface area (Å²) in [6, 6.07) is 4.73. The molecule has 1 saturated heterocycles. The zero-order valence-electron chi connectivity index (χ0n) is 12.7. The third-order valence-electron chi connectivity index (χ3n) is 3.69. The Kier molecular flexibility index (Phi) is 4.33. The van der Waals surface area contributed by atoms with Gasteiger partial charge in [0.2, 0.25) is 5.89 Å². The van der Waals surface area contributed by atoms with Crippen molar-refractivity contribution in [2.45, 2.75) is 38.1 Å². The van der Waals surface area contributed by atoms with Crippen LogP contribution in [0.5, 0.6) is 0 Å². The largest absolute Gasteiger partial charge is 0.338 e. The second kappa shape index (κ2) is 6.10. The molecule has 0 amide bonds. The predicted molar refractivity (Wildman–Crippen MR) is 84.3 cm³/mol. The molecule has 0 unspecified atom stereocenters. The van der Waals surface area contributed by atoms with Gasteiger partial charge >= 0.3 is 0 Å². The van der Waals surface area contributed by atoms with Gasteiger partial charge in [-0.1, -0.05) is 5.16 Å². The van der Waals surface area contributed by atoms with Crippen LogP contribution in [-0.2, 0) is 22.1 Å². The molecule has 3 rings (SSSR count). The van der Waals surface area contributed by atoms with Crippen molar-refractivity contribution in [2.75, 3.05) is 12.8 Å². The monoisotopic (exact) mass is 341 g/mol. The molecule has 120 valence electrons. The van der Waals surface area contributed by atoms with E-state index in [-0.39, 0.29) is 11.6 Å². The highest BCUT2D eigenvalue weighted by molar-refractivity contribution is 7.89. The Labute approximate surface area is 134 Å². The molecule has 0 aliphatic carbocycles. The van der Waals surface area contributed by atoms with Crippen LogP contribution in [0.2, 0.25) is 0 Å². The number of likely N-dealkylation sites (tertiary alicyclic amines) is 1. The van der Waals surface area contributed by atoms with Crippen molar-refractivity contribution >= 4 is 21.2 Å². The second-order valence-electron chi connectivity index (χ2n) is 5.75. The summed E-state index contributed by atoms with van der Waals surface area (Å²) in [5.74, 6) is 0.545. The van der Waals surface area contributed by atoms with Gasteiger partial charge in [-0.15, -0.1) is 11.3 Å². The van der Waals surface area contributed by atoms with Crippen LogP contribution in [0.4, 0.5) is 0 Å². The van der Waals surface area contributed by atoms with E-state index < -0.39 is 9.84 Å². The zero-order chi connectivity index (χ0) is 15.7. The fourth-order valence-electron chi connectivity index (χ4n) is 2.79. The lowest BCUT2D eigenvalue weighted by molar-refractivity contribution is 0.214. The normalized spacial score (nSPS) is 19.8. The molecule has 1 aliphatic rings. The molecule has 1 atom stereocenters. The van der Waals surface area contributed by atoms with Crippen molar-refractivity contribution in [3.05, 3.63) is 33.6 Å². The van der Waals surface area contributed by atoms with E-state index in [4.69, 9.17) is 4.52 Å². The van der Waals surface area contributed by atoms with Gasteiger partial charge in [0.15, 0.2) is 15.7 Å². The minimum absolute atomic E-state index is 0.177. The molecule has 0 spiro atoms. The van der Waals surface area contributed by atoms with Crippen molar-refractivity contribution in [1.29, 1.82) is 0 Å². The highest BCUT2D eigenvalue weighted by atomic mass is 32.2. The molecule has 0 aromatic carbocycles. The number of thiophene rings is 1. The molecule has 1 fully saturated rings. The highest BCUT2D eigenvalue weighted by Gasteiger charge is 2.28. The molecule has 0 bridgehead atoms. The van der Waals surface area contributed by atoms with E-state index in [9.17, 15) is 8.42 Å². The summed E-state index contributed by atoms with van der Waals surface area (Å²) >= 11 is 1.82. The lowest BCUT2D eigenvalue weighted by Crippen LogP contribution is -2.22. The van der Waals surface area contributed by atoms with Crippen molar-refractivity contribution in [1.82, 2.24) is 15.0 Å². The van der Waals surface area contributed by atoms with Crippen molar-refractivity contribution < 1.29 is 12.9 Å². The van der Waals surface area contributed by atoms with E-state index in [0.29, 0.717) is 18.5 Å². The van der Waals surface area contributed by atoms with Gasteiger partial charge in [0.25, 0.3) is 0 Å². The van der Waals surface area contributed by atoms with Gasteiger partial charge in [0.05, 0.1) is 6.54 Å². The fraction of sp³-hybridized carbons (Fsp3) is 0.571. The Hall–Kier alpha value is -1.25. The Morgan fingerprint density at radius 1 is 1.45 bits per heavy atom. The maximum atomic E-state index is 11.3. The SMILES string of the molecule is Cc1ccc([C@H]2CCCN2Cc2nc(CS(C)(=O)=O)no2)s1. The van der Waals surface area contributed by atoms with Crippen LogP contribution >= 0.6 is 11.3 Å². The number of rotatable bonds is 5. The van der Waals surface area contributed by atoms with Crippen LogP contribution in [0, 0.1) is 6.92 Å². The lowest BCUT2D eigenvalue weighted by Gasteiger charge is -2.21. The van der Waals surface area contributed by atoms with E-state index in [2.05, 4.69) is 34.1 Å². The van der Waals surface area contributed by atoms with Crippen LogP contribution in [-0.4, -0.2) is 36.3 Å². The minimum atomic E-state index is -3.14. The van der Waals surface area contributed by atoms with E-state index >= 15 is 0 Å². The smallest absolute Gasteiger partial charge is 0.240 e. The molecule has 2 aromatic heterocycles. The summed E-state index contributed by atoms with van der Waals surface area (Å²) < 4.78 is 27.7. The first-order valence-corrected chi connectivity index (χ1v) is 10.1. The number of hydrogen-bond acceptors (Lipinski definition) is 7. The average molecular weight is 341 g/mol. The van der Waals surface area contributed by atoms with Crippen LogP contribution < -0.4 is 0 Å². The maximum Gasteiger partial charge on any atom is 0.240 e. The highest BCUT2D eigenvalue weighted by Crippen LogP contribution is 2.36. The Morgan fingerprint density at radius 2 is 2.27 bits per heavy atom. The number of sulfone groups is 1. The van der Waals surface area contributed by atoms with Crippen LogP contribution in [0.15, 0.2) is 16.7 Å². The zero-order valence-corrected chi connectivity index (χ0v) is 14.3. The minimum Gasteiger partial charge on any atom is -0.338 e. The molecule has 0 saturated carbocycles. The first-order valence-electron chi connectivity index (χ1n) is 7.20. The molecule has 8 heteroatoms. The Morgan fingerprint density at radius 3 is 2.95 bits per heavy atom.